The van der Waals surface area contributed by atoms with Crippen LogP contribution in [-0.2, 0) is 0 Å². The van der Waals surface area contributed by atoms with Gasteiger partial charge in [-0.05, 0) is 45.0 Å². The third-order valence-electron chi connectivity index (χ3n) is 3.68. The lowest BCUT2D eigenvalue weighted by Crippen LogP contribution is -2.29. The normalized spacial score (nSPS) is 15.9. The molecule has 2 N–H and O–H groups in total. The quantitative estimate of drug-likeness (QED) is 0.884. The predicted molar refractivity (Wildman–Crippen MR) is 78.1 cm³/mol. The highest BCUT2D eigenvalue weighted by molar-refractivity contribution is 6.02. The number of rotatable bonds is 3. The maximum absolute atomic E-state index is 12.2. The zero-order valence-electron chi connectivity index (χ0n) is 11.9. The van der Waals surface area contributed by atoms with E-state index in [1.54, 1.807) is 23.1 Å². The molecule has 2 aromatic heterocycles. The Hall–Kier alpha value is -2.28. The molecule has 0 saturated carbocycles. The second kappa shape index (κ2) is 6.01. The number of hydrogen-bond acceptors (Lipinski definition) is 5. The molecule has 0 aromatic carbocycles. The van der Waals surface area contributed by atoms with Gasteiger partial charge in [-0.25, -0.2) is 4.68 Å². The van der Waals surface area contributed by atoms with E-state index >= 15 is 0 Å². The fraction of sp³-hybridized carbons (Fsp3) is 0.429. The Morgan fingerprint density at radius 3 is 3.00 bits per heavy atom. The Labute approximate surface area is 122 Å². The fourth-order valence-electron chi connectivity index (χ4n) is 2.43. The van der Waals surface area contributed by atoms with Crippen molar-refractivity contribution in [1.82, 2.24) is 25.3 Å². The van der Waals surface area contributed by atoms with Gasteiger partial charge in [0.25, 0.3) is 5.91 Å². The average molecular weight is 286 g/mol. The van der Waals surface area contributed by atoms with Gasteiger partial charge < -0.3 is 10.6 Å². The molecule has 1 amide bonds. The highest BCUT2D eigenvalue weighted by Gasteiger charge is 2.19. The van der Waals surface area contributed by atoms with E-state index < -0.39 is 0 Å². The topological polar surface area (TPSA) is 84.7 Å². The lowest BCUT2D eigenvalue weighted by atomic mass is 10.1. The van der Waals surface area contributed by atoms with Crippen molar-refractivity contribution in [2.45, 2.75) is 25.8 Å². The van der Waals surface area contributed by atoms with E-state index in [1.807, 2.05) is 13.0 Å². The molecule has 1 saturated heterocycles. The molecule has 0 atom stereocenters. The third kappa shape index (κ3) is 3.08. The number of carbonyl (C=O) groups excluding carboxylic acids is 1. The van der Waals surface area contributed by atoms with Crippen molar-refractivity contribution >= 4 is 11.6 Å². The number of aromatic nitrogens is 4. The summed E-state index contributed by atoms with van der Waals surface area (Å²) in [6.07, 6.45) is 5.42. The summed E-state index contributed by atoms with van der Waals surface area (Å²) in [6.45, 7) is 3.80. The molecule has 21 heavy (non-hydrogen) atoms. The number of hydrogen-bond donors (Lipinski definition) is 2. The molecule has 3 rings (SSSR count). The van der Waals surface area contributed by atoms with Crippen molar-refractivity contribution in [3.05, 3.63) is 35.9 Å². The highest BCUT2D eigenvalue weighted by atomic mass is 16.2. The van der Waals surface area contributed by atoms with Crippen LogP contribution in [0.25, 0.3) is 0 Å². The number of aryl methyl sites for hydroxylation is 1. The summed E-state index contributed by atoms with van der Waals surface area (Å²) in [6, 6.07) is 3.92. The first kappa shape index (κ1) is 13.7. The van der Waals surface area contributed by atoms with Crippen molar-refractivity contribution in [1.29, 1.82) is 0 Å². The SMILES string of the molecule is Cc1ncccc1NC(=O)c1cn(C2CCNCC2)nn1. The second-order valence-corrected chi connectivity index (χ2v) is 5.16. The van der Waals surface area contributed by atoms with Gasteiger partial charge in [0.15, 0.2) is 5.69 Å². The van der Waals surface area contributed by atoms with Crippen LogP contribution in [0.1, 0.15) is 35.1 Å². The monoisotopic (exact) mass is 286 g/mol. The first-order valence-electron chi connectivity index (χ1n) is 7.09. The molecule has 0 unspecified atom stereocenters. The van der Waals surface area contributed by atoms with E-state index in [1.165, 1.54) is 0 Å². The minimum absolute atomic E-state index is 0.258. The maximum atomic E-state index is 12.2. The van der Waals surface area contributed by atoms with Crippen LogP contribution in [0.2, 0.25) is 0 Å². The highest BCUT2D eigenvalue weighted by Crippen LogP contribution is 2.17. The molecule has 110 valence electrons. The Bertz CT molecular complexity index is 632. The van der Waals surface area contributed by atoms with Crippen LogP contribution in [-0.4, -0.2) is 39.0 Å². The van der Waals surface area contributed by atoms with E-state index in [-0.39, 0.29) is 5.91 Å². The summed E-state index contributed by atoms with van der Waals surface area (Å²) in [5.41, 5.74) is 1.80. The number of carbonyl (C=O) groups is 1. The molecule has 1 aliphatic heterocycles. The molecular formula is C14H18N6O. The van der Waals surface area contributed by atoms with Gasteiger partial charge in [0.2, 0.25) is 0 Å². The van der Waals surface area contributed by atoms with Gasteiger partial charge in [0.05, 0.1) is 23.6 Å². The molecular weight excluding hydrogens is 268 g/mol. The van der Waals surface area contributed by atoms with E-state index in [0.29, 0.717) is 17.4 Å². The van der Waals surface area contributed by atoms with Gasteiger partial charge in [-0.1, -0.05) is 5.21 Å². The minimum Gasteiger partial charge on any atom is -0.319 e. The van der Waals surface area contributed by atoms with Crippen molar-refractivity contribution in [2.75, 3.05) is 18.4 Å². The zero-order valence-corrected chi connectivity index (χ0v) is 11.9. The summed E-state index contributed by atoms with van der Waals surface area (Å²) < 4.78 is 1.80. The van der Waals surface area contributed by atoms with Crippen molar-refractivity contribution in [2.24, 2.45) is 0 Å². The van der Waals surface area contributed by atoms with Crippen LogP contribution < -0.4 is 10.6 Å². The predicted octanol–water partition coefficient (Wildman–Crippen LogP) is 1.16. The first-order valence-corrected chi connectivity index (χ1v) is 7.09. The van der Waals surface area contributed by atoms with Crippen LogP contribution in [0.15, 0.2) is 24.5 Å². The number of amides is 1. The maximum Gasteiger partial charge on any atom is 0.277 e. The van der Waals surface area contributed by atoms with Crippen LogP contribution >= 0.6 is 0 Å². The number of pyridine rings is 1. The summed E-state index contributed by atoms with van der Waals surface area (Å²) >= 11 is 0. The third-order valence-corrected chi connectivity index (χ3v) is 3.68. The van der Waals surface area contributed by atoms with E-state index in [9.17, 15) is 4.79 Å². The minimum atomic E-state index is -0.258. The van der Waals surface area contributed by atoms with Crippen LogP contribution in [0.5, 0.6) is 0 Å². The van der Waals surface area contributed by atoms with E-state index in [0.717, 1.165) is 31.6 Å². The summed E-state index contributed by atoms with van der Waals surface area (Å²) in [7, 11) is 0. The van der Waals surface area contributed by atoms with Gasteiger partial charge in [-0.3, -0.25) is 9.78 Å². The molecule has 1 aliphatic rings. The van der Waals surface area contributed by atoms with E-state index in [2.05, 4.69) is 25.9 Å². The Morgan fingerprint density at radius 2 is 2.24 bits per heavy atom. The van der Waals surface area contributed by atoms with E-state index in [4.69, 9.17) is 0 Å². The Balaban J connectivity index is 1.71. The molecule has 0 aliphatic carbocycles. The Morgan fingerprint density at radius 1 is 1.43 bits per heavy atom. The average Bonchev–Trinajstić information content (AvgIpc) is 3.00. The molecule has 1 fully saturated rings. The van der Waals surface area contributed by atoms with Crippen molar-refractivity contribution in [3.8, 4) is 0 Å². The smallest absolute Gasteiger partial charge is 0.277 e. The number of nitrogens with zero attached hydrogens (tertiary/aromatic N) is 4. The lowest BCUT2D eigenvalue weighted by Gasteiger charge is -2.22. The zero-order chi connectivity index (χ0) is 14.7. The van der Waals surface area contributed by atoms with Gasteiger partial charge in [-0.2, -0.15) is 0 Å². The summed E-state index contributed by atoms with van der Waals surface area (Å²) in [4.78, 5) is 16.3. The molecule has 0 bridgehead atoms. The van der Waals surface area contributed by atoms with Gasteiger partial charge in [0.1, 0.15) is 0 Å². The lowest BCUT2D eigenvalue weighted by molar-refractivity contribution is 0.102. The molecule has 7 nitrogen and oxygen atoms in total. The number of anilines is 1. The molecule has 2 aromatic rings. The molecule has 0 radical (unpaired) electrons. The number of piperidine rings is 1. The Kier molecular flexibility index (Phi) is 3.92. The molecule has 0 spiro atoms. The number of nitrogens with one attached hydrogen (secondary N) is 2. The molecule has 3 heterocycles. The first-order chi connectivity index (χ1) is 10.2. The van der Waals surface area contributed by atoms with Crippen LogP contribution in [0.3, 0.4) is 0 Å². The second-order valence-electron chi connectivity index (χ2n) is 5.16. The van der Waals surface area contributed by atoms with Crippen molar-refractivity contribution < 1.29 is 4.79 Å². The summed E-state index contributed by atoms with van der Waals surface area (Å²) in [5, 5.41) is 14.2. The summed E-state index contributed by atoms with van der Waals surface area (Å²) in [5.74, 6) is -0.258. The largest absolute Gasteiger partial charge is 0.319 e. The standard InChI is InChI=1S/C14H18N6O/c1-10-12(3-2-6-16-10)17-14(21)13-9-20(19-18-13)11-4-7-15-8-5-11/h2-3,6,9,11,15H,4-5,7-8H2,1H3,(H,17,21). The molecule has 7 heteroatoms. The van der Waals surface area contributed by atoms with Crippen LogP contribution in [0.4, 0.5) is 5.69 Å². The fourth-order valence-corrected chi connectivity index (χ4v) is 2.43. The van der Waals surface area contributed by atoms with Gasteiger partial charge >= 0.3 is 0 Å². The van der Waals surface area contributed by atoms with Gasteiger partial charge in [-0.15, -0.1) is 5.10 Å². The van der Waals surface area contributed by atoms with Crippen molar-refractivity contribution in [3.63, 3.8) is 0 Å². The van der Waals surface area contributed by atoms with Crippen LogP contribution in [0, 0.1) is 6.92 Å². The van der Waals surface area contributed by atoms with Gasteiger partial charge in [0, 0.05) is 6.20 Å².